The SMILES string of the molecule is O[C@@H]1CC[C@H]2O[C@H]2[C@H]1N(Cc1ccccc1)Cc1ccccc1. The van der Waals surface area contributed by atoms with E-state index >= 15 is 0 Å². The van der Waals surface area contributed by atoms with Gasteiger partial charge < -0.3 is 9.84 Å². The van der Waals surface area contributed by atoms with Crippen molar-refractivity contribution in [3.8, 4) is 0 Å². The highest BCUT2D eigenvalue weighted by molar-refractivity contribution is 5.18. The van der Waals surface area contributed by atoms with E-state index in [4.69, 9.17) is 4.74 Å². The summed E-state index contributed by atoms with van der Waals surface area (Å²) in [6.45, 7) is 1.67. The molecule has 3 heteroatoms. The van der Waals surface area contributed by atoms with Crippen LogP contribution in [-0.4, -0.2) is 34.4 Å². The molecular formula is C20H23NO2. The molecule has 1 aliphatic carbocycles. The van der Waals surface area contributed by atoms with Crippen LogP contribution in [0.15, 0.2) is 60.7 Å². The summed E-state index contributed by atoms with van der Waals surface area (Å²) in [5.41, 5.74) is 2.55. The maximum Gasteiger partial charge on any atom is 0.102 e. The summed E-state index contributed by atoms with van der Waals surface area (Å²) in [5.74, 6) is 0. The summed E-state index contributed by atoms with van der Waals surface area (Å²) in [7, 11) is 0. The highest BCUT2D eigenvalue weighted by Crippen LogP contribution is 2.40. The Morgan fingerprint density at radius 3 is 2.00 bits per heavy atom. The second-order valence-electron chi connectivity index (χ2n) is 6.65. The van der Waals surface area contributed by atoms with Crippen molar-refractivity contribution in [1.29, 1.82) is 0 Å². The molecule has 3 nitrogen and oxygen atoms in total. The Morgan fingerprint density at radius 2 is 1.43 bits per heavy atom. The number of rotatable bonds is 5. The lowest BCUT2D eigenvalue weighted by Gasteiger charge is -2.36. The minimum absolute atomic E-state index is 0.0918. The van der Waals surface area contributed by atoms with Crippen molar-refractivity contribution in [3.05, 3.63) is 71.8 Å². The van der Waals surface area contributed by atoms with Crippen LogP contribution in [0.3, 0.4) is 0 Å². The first kappa shape index (κ1) is 14.9. The van der Waals surface area contributed by atoms with Gasteiger partial charge in [-0.1, -0.05) is 60.7 Å². The van der Waals surface area contributed by atoms with Crippen molar-refractivity contribution < 1.29 is 9.84 Å². The van der Waals surface area contributed by atoms with Gasteiger partial charge in [-0.05, 0) is 24.0 Å². The first-order valence-corrected chi connectivity index (χ1v) is 8.47. The van der Waals surface area contributed by atoms with E-state index in [1.807, 2.05) is 12.1 Å². The number of ether oxygens (including phenoxy) is 1. The molecule has 2 aromatic rings. The quantitative estimate of drug-likeness (QED) is 0.863. The van der Waals surface area contributed by atoms with E-state index in [0.717, 1.165) is 25.9 Å². The van der Waals surface area contributed by atoms with Crippen molar-refractivity contribution in [3.63, 3.8) is 0 Å². The first-order valence-electron chi connectivity index (χ1n) is 8.47. The normalized spacial score (nSPS) is 29.3. The van der Waals surface area contributed by atoms with Crippen LogP contribution in [0.1, 0.15) is 24.0 Å². The van der Waals surface area contributed by atoms with E-state index in [1.54, 1.807) is 0 Å². The van der Waals surface area contributed by atoms with Crippen LogP contribution in [0.2, 0.25) is 0 Å². The first-order chi connectivity index (χ1) is 11.3. The van der Waals surface area contributed by atoms with E-state index in [2.05, 4.69) is 53.4 Å². The number of fused-ring (bicyclic) bond motifs is 1. The number of aliphatic hydroxyl groups excluding tert-OH is 1. The van der Waals surface area contributed by atoms with E-state index < -0.39 is 0 Å². The fraction of sp³-hybridized carbons (Fsp3) is 0.400. The summed E-state index contributed by atoms with van der Waals surface area (Å²) in [6, 6.07) is 21.1. The van der Waals surface area contributed by atoms with Gasteiger partial charge in [-0.2, -0.15) is 0 Å². The van der Waals surface area contributed by atoms with Crippen molar-refractivity contribution in [1.82, 2.24) is 4.90 Å². The maximum atomic E-state index is 10.6. The molecule has 4 rings (SSSR count). The molecule has 0 aromatic heterocycles. The van der Waals surface area contributed by atoms with Crippen molar-refractivity contribution in [2.24, 2.45) is 0 Å². The maximum absolute atomic E-state index is 10.6. The highest BCUT2D eigenvalue weighted by atomic mass is 16.6. The standard InChI is InChI=1S/C20H23NO2/c22-17-11-12-18-20(23-18)19(17)21(13-15-7-3-1-4-8-15)14-16-9-5-2-6-10-16/h1-10,17-20,22H,11-14H2/t17-,18-,19+,20-/m1/s1. The lowest BCUT2D eigenvalue weighted by atomic mass is 9.90. The summed E-state index contributed by atoms with van der Waals surface area (Å²) < 4.78 is 5.82. The smallest absolute Gasteiger partial charge is 0.102 e. The minimum Gasteiger partial charge on any atom is -0.391 e. The molecule has 0 spiro atoms. The number of benzene rings is 2. The molecule has 2 aliphatic rings. The number of aliphatic hydroxyl groups is 1. The summed E-state index contributed by atoms with van der Waals surface area (Å²) in [6.07, 6.45) is 2.09. The predicted octanol–water partition coefficient (Wildman–Crippen LogP) is 2.98. The molecule has 1 N–H and O–H groups in total. The summed E-state index contributed by atoms with van der Waals surface area (Å²) in [5, 5.41) is 10.6. The Kier molecular flexibility index (Phi) is 4.17. The van der Waals surface area contributed by atoms with Gasteiger partial charge in [0.25, 0.3) is 0 Å². The molecule has 2 aromatic carbocycles. The van der Waals surface area contributed by atoms with Crippen molar-refractivity contribution in [2.45, 2.75) is 50.3 Å². The molecule has 0 bridgehead atoms. The van der Waals surface area contributed by atoms with E-state index in [-0.39, 0.29) is 18.2 Å². The average molecular weight is 309 g/mol. The van der Waals surface area contributed by atoms with Crippen LogP contribution in [-0.2, 0) is 17.8 Å². The Morgan fingerprint density at radius 1 is 0.870 bits per heavy atom. The zero-order chi connectivity index (χ0) is 15.6. The number of epoxide rings is 1. The van der Waals surface area contributed by atoms with E-state index in [0.29, 0.717) is 6.10 Å². The molecule has 1 saturated carbocycles. The fourth-order valence-electron chi connectivity index (χ4n) is 3.77. The molecule has 0 unspecified atom stereocenters. The number of nitrogens with zero attached hydrogens (tertiary/aromatic N) is 1. The van der Waals surface area contributed by atoms with Gasteiger partial charge in [0.05, 0.1) is 18.2 Å². The van der Waals surface area contributed by atoms with Gasteiger partial charge >= 0.3 is 0 Å². The zero-order valence-electron chi connectivity index (χ0n) is 13.2. The minimum atomic E-state index is -0.300. The molecule has 120 valence electrons. The van der Waals surface area contributed by atoms with Crippen LogP contribution in [0.4, 0.5) is 0 Å². The molecular weight excluding hydrogens is 286 g/mol. The molecule has 0 radical (unpaired) electrons. The lowest BCUT2D eigenvalue weighted by molar-refractivity contribution is 0.0151. The Bertz CT molecular complexity index is 587. The van der Waals surface area contributed by atoms with Crippen LogP contribution in [0, 0.1) is 0 Å². The molecule has 0 amide bonds. The van der Waals surface area contributed by atoms with Gasteiger partial charge in [0.2, 0.25) is 0 Å². The second-order valence-corrected chi connectivity index (χ2v) is 6.65. The molecule has 1 aliphatic heterocycles. The largest absolute Gasteiger partial charge is 0.391 e. The molecule has 1 heterocycles. The van der Waals surface area contributed by atoms with Gasteiger partial charge in [-0.3, -0.25) is 4.90 Å². The third-order valence-electron chi connectivity index (χ3n) is 4.98. The fourth-order valence-corrected chi connectivity index (χ4v) is 3.77. The Balaban J connectivity index is 1.57. The monoisotopic (exact) mass is 309 g/mol. The molecule has 2 fully saturated rings. The molecule has 23 heavy (non-hydrogen) atoms. The summed E-state index contributed by atoms with van der Waals surface area (Å²) >= 11 is 0. The Hall–Kier alpha value is -1.68. The van der Waals surface area contributed by atoms with Crippen LogP contribution in [0.5, 0.6) is 0 Å². The molecule has 4 atom stereocenters. The van der Waals surface area contributed by atoms with Crippen LogP contribution >= 0.6 is 0 Å². The van der Waals surface area contributed by atoms with Crippen LogP contribution < -0.4 is 0 Å². The van der Waals surface area contributed by atoms with E-state index in [9.17, 15) is 5.11 Å². The third kappa shape index (κ3) is 3.32. The van der Waals surface area contributed by atoms with Gasteiger partial charge in [-0.25, -0.2) is 0 Å². The van der Waals surface area contributed by atoms with Gasteiger partial charge in [0, 0.05) is 13.1 Å². The van der Waals surface area contributed by atoms with Crippen molar-refractivity contribution >= 4 is 0 Å². The van der Waals surface area contributed by atoms with E-state index in [1.165, 1.54) is 11.1 Å². The zero-order valence-corrected chi connectivity index (χ0v) is 13.2. The van der Waals surface area contributed by atoms with Gasteiger partial charge in [0.15, 0.2) is 0 Å². The van der Waals surface area contributed by atoms with Gasteiger partial charge in [-0.15, -0.1) is 0 Å². The lowest BCUT2D eigenvalue weighted by Crippen LogP contribution is -2.49. The molecule has 1 saturated heterocycles. The van der Waals surface area contributed by atoms with Crippen LogP contribution in [0.25, 0.3) is 0 Å². The Labute approximate surface area is 137 Å². The third-order valence-corrected chi connectivity index (χ3v) is 4.98. The predicted molar refractivity (Wildman–Crippen MR) is 89.8 cm³/mol. The second kappa shape index (κ2) is 6.44. The van der Waals surface area contributed by atoms with Gasteiger partial charge in [0.1, 0.15) is 6.10 Å². The number of hydrogen-bond donors (Lipinski definition) is 1. The number of hydrogen-bond acceptors (Lipinski definition) is 3. The van der Waals surface area contributed by atoms with Crippen molar-refractivity contribution in [2.75, 3.05) is 0 Å². The topological polar surface area (TPSA) is 36.0 Å². The summed E-state index contributed by atoms with van der Waals surface area (Å²) in [4.78, 5) is 2.39. The highest BCUT2D eigenvalue weighted by Gasteiger charge is 2.53. The average Bonchev–Trinajstić information content (AvgIpc) is 3.36.